The van der Waals surface area contributed by atoms with Gasteiger partial charge < -0.3 is 9.72 Å². The molecule has 0 aliphatic heterocycles. The average Bonchev–Trinajstić information content (AvgIpc) is 2.71. The fourth-order valence-corrected chi connectivity index (χ4v) is 2.52. The van der Waals surface area contributed by atoms with Crippen molar-refractivity contribution in [2.24, 2.45) is 0 Å². The van der Waals surface area contributed by atoms with E-state index in [2.05, 4.69) is 15.3 Å². The third-order valence-electron chi connectivity index (χ3n) is 3.88. The van der Waals surface area contributed by atoms with E-state index in [0.717, 1.165) is 0 Å². The van der Waals surface area contributed by atoms with Crippen molar-refractivity contribution in [2.75, 3.05) is 6.61 Å². The van der Waals surface area contributed by atoms with E-state index in [1.807, 2.05) is 0 Å². The van der Waals surface area contributed by atoms with Gasteiger partial charge in [0.25, 0.3) is 17.4 Å². The first-order valence-corrected chi connectivity index (χ1v) is 8.56. The molecule has 0 fully saturated rings. The molecule has 8 heteroatoms. The number of carbonyl (C=O) groups excluding carboxylic acids is 3. The summed E-state index contributed by atoms with van der Waals surface area (Å²) in [5.41, 5.74) is 0.578. The van der Waals surface area contributed by atoms with Crippen LogP contribution < -0.4 is 10.9 Å². The zero-order valence-corrected chi connectivity index (χ0v) is 14.8. The van der Waals surface area contributed by atoms with Gasteiger partial charge >= 0.3 is 5.97 Å². The number of rotatable bonds is 6. The molecule has 0 spiro atoms. The Morgan fingerprint density at radius 3 is 2.50 bits per heavy atom. The molecule has 0 aliphatic carbocycles. The summed E-state index contributed by atoms with van der Waals surface area (Å²) in [5, 5.41) is 2.60. The molecule has 8 nitrogen and oxygen atoms in total. The van der Waals surface area contributed by atoms with Crippen LogP contribution in [0.15, 0.2) is 59.4 Å². The van der Waals surface area contributed by atoms with Crippen LogP contribution in [0.25, 0.3) is 10.9 Å². The number of nitrogens with one attached hydrogen (secondary N) is 2. The first-order valence-electron chi connectivity index (χ1n) is 8.56. The maximum Gasteiger partial charge on any atom is 0.306 e. The lowest BCUT2D eigenvalue weighted by Gasteiger charge is -2.06. The van der Waals surface area contributed by atoms with Crippen molar-refractivity contribution in [3.8, 4) is 0 Å². The van der Waals surface area contributed by atoms with E-state index in [4.69, 9.17) is 4.74 Å². The molecule has 2 aromatic carbocycles. The summed E-state index contributed by atoms with van der Waals surface area (Å²) in [6.07, 6.45) is 0.0880. The zero-order chi connectivity index (χ0) is 19.9. The highest BCUT2D eigenvalue weighted by Crippen LogP contribution is 2.07. The summed E-state index contributed by atoms with van der Waals surface area (Å²) in [7, 11) is 0. The molecule has 2 N–H and O–H groups in total. The molecule has 0 aliphatic rings. The summed E-state index contributed by atoms with van der Waals surface area (Å²) in [4.78, 5) is 54.3. The third-order valence-corrected chi connectivity index (χ3v) is 3.88. The minimum atomic E-state index is -0.723. The van der Waals surface area contributed by atoms with Crippen LogP contribution in [0.3, 0.4) is 0 Å². The molecule has 1 aromatic heterocycles. The van der Waals surface area contributed by atoms with E-state index in [1.54, 1.807) is 54.6 Å². The van der Waals surface area contributed by atoms with E-state index in [9.17, 15) is 19.2 Å². The third kappa shape index (κ3) is 4.88. The van der Waals surface area contributed by atoms with Crippen molar-refractivity contribution in [3.05, 3.63) is 76.3 Å². The van der Waals surface area contributed by atoms with Crippen LogP contribution in [0.4, 0.5) is 0 Å². The second-order valence-corrected chi connectivity index (χ2v) is 5.93. The van der Waals surface area contributed by atoms with E-state index in [0.29, 0.717) is 22.3 Å². The maximum absolute atomic E-state index is 12.0. The number of benzene rings is 2. The van der Waals surface area contributed by atoms with Crippen LogP contribution in [-0.2, 0) is 20.7 Å². The number of esters is 1. The highest BCUT2D eigenvalue weighted by Gasteiger charge is 2.13. The number of imide groups is 1. The Kier molecular flexibility index (Phi) is 5.91. The summed E-state index contributed by atoms with van der Waals surface area (Å²) in [5.74, 6) is -1.58. The number of fused-ring (bicyclic) bond motifs is 1. The number of aromatic nitrogens is 2. The molecule has 142 valence electrons. The lowest BCUT2D eigenvalue weighted by molar-refractivity contribution is -0.148. The Labute approximate surface area is 159 Å². The number of aryl methyl sites for hydroxylation is 1. The van der Waals surface area contributed by atoms with Gasteiger partial charge in [-0.1, -0.05) is 30.3 Å². The van der Waals surface area contributed by atoms with Crippen LogP contribution in [0.2, 0.25) is 0 Å². The number of para-hydroxylation sites is 1. The fraction of sp³-hybridized carbons (Fsp3) is 0.150. The van der Waals surface area contributed by atoms with E-state index in [1.165, 1.54) is 0 Å². The average molecular weight is 379 g/mol. The Hall–Kier alpha value is -3.81. The Bertz CT molecular complexity index is 1080. The lowest BCUT2D eigenvalue weighted by Crippen LogP contribution is -2.34. The van der Waals surface area contributed by atoms with Crippen LogP contribution in [0.1, 0.15) is 22.6 Å². The number of amides is 2. The summed E-state index contributed by atoms with van der Waals surface area (Å²) in [6.45, 7) is -0.570. The van der Waals surface area contributed by atoms with Crippen LogP contribution in [0, 0.1) is 0 Å². The van der Waals surface area contributed by atoms with Gasteiger partial charge in [-0.3, -0.25) is 24.5 Å². The number of ether oxygens (including phenoxy) is 1. The lowest BCUT2D eigenvalue weighted by atomic mass is 10.2. The van der Waals surface area contributed by atoms with Crippen LogP contribution >= 0.6 is 0 Å². The summed E-state index contributed by atoms with van der Waals surface area (Å²) in [6, 6.07) is 15.1. The minimum Gasteiger partial charge on any atom is -0.456 e. The first kappa shape index (κ1) is 19.0. The van der Waals surface area contributed by atoms with Crippen LogP contribution in [0.5, 0.6) is 0 Å². The summed E-state index contributed by atoms with van der Waals surface area (Å²) >= 11 is 0. The molecule has 0 saturated heterocycles. The van der Waals surface area contributed by atoms with Gasteiger partial charge in [-0.05, 0) is 24.3 Å². The molecule has 3 aromatic rings. The van der Waals surface area contributed by atoms with Gasteiger partial charge in [0.1, 0.15) is 5.82 Å². The quantitative estimate of drug-likeness (QED) is 0.624. The van der Waals surface area contributed by atoms with Crippen molar-refractivity contribution in [1.82, 2.24) is 15.3 Å². The second-order valence-electron chi connectivity index (χ2n) is 5.93. The van der Waals surface area contributed by atoms with Crippen molar-refractivity contribution >= 4 is 28.7 Å². The van der Waals surface area contributed by atoms with E-state index < -0.39 is 24.4 Å². The highest BCUT2D eigenvalue weighted by atomic mass is 16.5. The smallest absolute Gasteiger partial charge is 0.306 e. The molecule has 0 atom stereocenters. The van der Waals surface area contributed by atoms with Crippen LogP contribution in [-0.4, -0.2) is 34.4 Å². The second kappa shape index (κ2) is 8.72. The molecule has 0 radical (unpaired) electrons. The van der Waals surface area contributed by atoms with Crippen molar-refractivity contribution in [1.29, 1.82) is 0 Å². The Morgan fingerprint density at radius 1 is 1.00 bits per heavy atom. The van der Waals surface area contributed by atoms with Gasteiger partial charge in [0.05, 0.1) is 17.3 Å². The van der Waals surface area contributed by atoms with Gasteiger partial charge in [-0.15, -0.1) is 0 Å². The summed E-state index contributed by atoms with van der Waals surface area (Å²) < 4.78 is 4.86. The van der Waals surface area contributed by atoms with Crippen molar-refractivity contribution < 1.29 is 19.1 Å². The van der Waals surface area contributed by atoms with Crippen molar-refractivity contribution in [2.45, 2.75) is 12.8 Å². The van der Waals surface area contributed by atoms with Gasteiger partial charge in [-0.25, -0.2) is 4.98 Å². The number of carbonyl (C=O) groups is 3. The minimum absolute atomic E-state index is 0.0683. The van der Waals surface area contributed by atoms with E-state index >= 15 is 0 Å². The number of hydrogen-bond donors (Lipinski definition) is 2. The normalized spacial score (nSPS) is 10.4. The molecule has 0 saturated carbocycles. The molecule has 28 heavy (non-hydrogen) atoms. The van der Waals surface area contributed by atoms with Gasteiger partial charge in [-0.2, -0.15) is 0 Å². The topological polar surface area (TPSA) is 118 Å². The molecule has 0 bridgehead atoms. The molecule has 2 amide bonds. The molecule has 0 unspecified atom stereocenters. The first-order chi connectivity index (χ1) is 13.5. The highest BCUT2D eigenvalue weighted by molar-refractivity contribution is 6.05. The SMILES string of the molecule is O=C(COC(=O)CCc1nc2ccccc2c(=O)[nH]1)NC(=O)c1ccccc1. The number of hydrogen-bond acceptors (Lipinski definition) is 6. The molecule has 3 rings (SSSR count). The monoisotopic (exact) mass is 379 g/mol. The molecular weight excluding hydrogens is 362 g/mol. The largest absolute Gasteiger partial charge is 0.456 e. The Morgan fingerprint density at radius 2 is 1.71 bits per heavy atom. The van der Waals surface area contributed by atoms with Gasteiger partial charge in [0, 0.05) is 12.0 Å². The van der Waals surface area contributed by atoms with E-state index in [-0.39, 0.29) is 18.4 Å². The van der Waals surface area contributed by atoms with Gasteiger partial charge in [0.2, 0.25) is 0 Å². The maximum atomic E-state index is 12.0. The number of H-pyrrole nitrogens is 1. The predicted octanol–water partition coefficient (Wildman–Crippen LogP) is 1.36. The molecule has 1 heterocycles. The molecular formula is C20H17N3O5. The Balaban J connectivity index is 1.47. The predicted molar refractivity (Wildman–Crippen MR) is 101 cm³/mol. The number of aromatic amines is 1. The fourth-order valence-electron chi connectivity index (χ4n) is 2.52. The standard InChI is InChI=1S/C20H17N3O5/c24-17(23-19(26)13-6-2-1-3-7-13)12-28-18(25)11-10-16-21-15-9-5-4-8-14(15)20(27)22-16/h1-9H,10-12H2,(H,21,22,27)(H,23,24,26). The number of nitrogens with zero attached hydrogens (tertiary/aromatic N) is 1. The van der Waals surface area contributed by atoms with Crippen molar-refractivity contribution in [3.63, 3.8) is 0 Å². The zero-order valence-electron chi connectivity index (χ0n) is 14.8. The van der Waals surface area contributed by atoms with Gasteiger partial charge in [0.15, 0.2) is 6.61 Å².